The minimum atomic E-state index is 1.06. The zero-order chi connectivity index (χ0) is 23.2. The maximum atomic E-state index is 4.16. The first kappa shape index (κ1) is 21.3. The molecule has 0 aliphatic carbocycles. The lowest BCUT2D eigenvalue weighted by molar-refractivity contribution is 1.22. The van der Waals surface area contributed by atoms with Gasteiger partial charge in [0.1, 0.15) is 0 Å². The zero-order valence-electron chi connectivity index (χ0n) is 19.0. The van der Waals surface area contributed by atoms with Crippen LogP contribution in [0.5, 0.6) is 0 Å². The molecule has 0 heterocycles. The van der Waals surface area contributed by atoms with Crippen LogP contribution < -0.4 is 9.80 Å². The van der Waals surface area contributed by atoms with Crippen LogP contribution in [0.2, 0.25) is 0 Å². The standard InChI is InChI=1S/C32H26N2/c1-2-26-16-15-25-31(33(27-17-7-3-8-18-27)28-19-9-4-10-20-28)32(26)34(29-21-11-5-12-22-29)30-23-13-6-14-24-30/h2-25H,1H2. The van der Waals surface area contributed by atoms with Gasteiger partial charge in [0.2, 0.25) is 0 Å². The van der Waals surface area contributed by atoms with Crippen LogP contribution in [-0.4, -0.2) is 0 Å². The molecular formula is C32H26N2. The van der Waals surface area contributed by atoms with E-state index in [1.807, 2.05) is 30.3 Å². The third-order valence-corrected chi connectivity index (χ3v) is 5.79. The van der Waals surface area contributed by atoms with E-state index in [0.29, 0.717) is 0 Å². The molecule has 164 valence electrons. The molecule has 0 spiro atoms. The van der Waals surface area contributed by atoms with Crippen LogP contribution in [-0.2, 0) is 0 Å². The van der Waals surface area contributed by atoms with E-state index in [-0.39, 0.29) is 0 Å². The van der Waals surface area contributed by atoms with Crippen molar-refractivity contribution in [2.45, 2.75) is 0 Å². The number of nitrogens with zero attached hydrogens (tertiary/aromatic N) is 2. The van der Waals surface area contributed by atoms with E-state index in [9.17, 15) is 0 Å². The highest BCUT2D eigenvalue weighted by atomic mass is 15.2. The van der Waals surface area contributed by atoms with E-state index in [4.69, 9.17) is 0 Å². The van der Waals surface area contributed by atoms with Crippen molar-refractivity contribution in [3.63, 3.8) is 0 Å². The van der Waals surface area contributed by atoms with Gasteiger partial charge in [0.15, 0.2) is 0 Å². The van der Waals surface area contributed by atoms with Crippen LogP contribution in [0.15, 0.2) is 146 Å². The average molecular weight is 439 g/mol. The average Bonchev–Trinajstić information content (AvgIpc) is 2.92. The fraction of sp³-hybridized carbons (Fsp3) is 0. The largest absolute Gasteiger partial charge is 0.308 e. The maximum absolute atomic E-state index is 4.16. The van der Waals surface area contributed by atoms with Crippen molar-refractivity contribution in [1.82, 2.24) is 0 Å². The van der Waals surface area contributed by atoms with E-state index < -0.39 is 0 Å². The molecule has 0 radical (unpaired) electrons. The van der Waals surface area contributed by atoms with Gasteiger partial charge in [0.25, 0.3) is 0 Å². The minimum absolute atomic E-state index is 1.06. The molecule has 5 rings (SSSR count). The fourth-order valence-corrected chi connectivity index (χ4v) is 4.28. The van der Waals surface area contributed by atoms with E-state index in [1.165, 1.54) is 0 Å². The van der Waals surface area contributed by atoms with Gasteiger partial charge < -0.3 is 9.80 Å². The van der Waals surface area contributed by atoms with Crippen LogP contribution >= 0.6 is 0 Å². The highest BCUT2D eigenvalue weighted by Gasteiger charge is 2.23. The van der Waals surface area contributed by atoms with Crippen LogP contribution in [0.25, 0.3) is 6.08 Å². The summed E-state index contributed by atoms with van der Waals surface area (Å²) in [4.78, 5) is 4.62. The predicted molar refractivity (Wildman–Crippen MR) is 146 cm³/mol. The van der Waals surface area contributed by atoms with Crippen molar-refractivity contribution in [2.24, 2.45) is 0 Å². The van der Waals surface area contributed by atoms with E-state index in [1.54, 1.807) is 0 Å². The van der Waals surface area contributed by atoms with Crippen molar-refractivity contribution in [1.29, 1.82) is 0 Å². The minimum Gasteiger partial charge on any atom is -0.308 e. The number of hydrogen-bond donors (Lipinski definition) is 0. The van der Waals surface area contributed by atoms with E-state index in [0.717, 1.165) is 39.7 Å². The summed E-state index contributed by atoms with van der Waals surface area (Å²) in [6.07, 6.45) is 1.94. The number of rotatable bonds is 7. The Morgan fingerprint density at radius 2 is 0.794 bits per heavy atom. The van der Waals surface area contributed by atoms with Crippen LogP contribution in [0, 0.1) is 0 Å². The second-order valence-corrected chi connectivity index (χ2v) is 7.93. The van der Waals surface area contributed by atoms with Crippen LogP contribution in [0.4, 0.5) is 34.1 Å². The molecule has 0 fully saturated rings. The Balaban J connectivity index is 1.82. The van der Waals surface area contributed by atoms with Gasteiger partial charge in [0, 0.05) is 28.3 Å². The number of para-hydroxylation sites is 5. The molecular weight excluding hydrogens is 412 g/mol. The molecule has 0 saturated carbocycles. The van der Waals surface area contributed by atoms with Crippen molar-refractivity contribution >= 4 is 40.2 Å². The third-order valence-electron chi connectivity index (χ3n) is 5.79. The Kier molecular flexibility index (Phi) is 6.22. The molecule has 0 aliphatic rings. The molecule has 0 saturated heterocycles. The monoisotopic (exact) mass is 438 g/mol. The molecule has 2 heteroatoms. The van der Waals surface area contributed by atoms with Gasteiger partial charge in [-0.15, -0.1) is 0 Å². The zero-order valence-corrected chi connectivity index (χ0v) is 19.0. The third kappa shape index (κ3) is 4.22. The molecule has 0 unspecified atom stereocenters. The molecule has 0 bridgehead atoms. The van der Waals surface area contributed by atoms with Gasteiger partial charge in [-0.25, -0.2) is 0 Å². The summed E-state index contributed by atoms with van der Waals surface area (Å²) in [5.41, 5.74) is 7.57. The summed E-state index contributed by atoms with van der Waals surface area (Å²) in [7, 11) is 0. The molecule has 0 N–H and O–H groups in total. The molecule has 2 nitrogen and oxygen atoms in total. The highest BCUT2D eigenvalue weighted by Crippen LogP contribution is 2.47. The Morgan fingerprint density at radius 1 is 0.412 bits per heavy atom. The maximum Gasteiger partial charge on any atom is 0.0775 e. The second kappa shape index (κ2) is 9.93. The van der Waals surface area contributed by atoms with Crippen molar-refractivity contribution in [2.75, 3.05) is 9.80 Å². The summed E-state index contributed by atoms with van der Waals surface area (Å²) in [5.74, 6) is 0. The lowest BCUT2D eigenvalue weighted by Gasteiger charge is -2.34. The lowest BCUT2D eigenvalue weighted by Crippen LogP contribution is -2.18. The summed E-state index contributed by atoms with van der Waals surface area (Å²) in [6.45, 7) is 4.16. The Bertz CT molecular complexity index is 1270. The SMILES string of the molecule is C=Cc1cccc(N(c2ccccc2)c2ccccc2)c1N(c1ccccc1)c1ccccc1. The Hall–Kier alpha value is -4.56. The topological polar surface area (TPSA) is 6.48 Å². The van der Waals surface area contributed by atoms with Gasteiger partial charge in [-0.1, -0.05) is 97.6 Å². The summed E-state index contributed by atoms with van der Waals surface area (Å²) >= 11 is 0. The van der Waals surface area contributed by atoms with Crippen molar-refractivity contribution < 1.29 is 0 Å². The summed E-state index contributed by atoms with van der Waals surface area (Å²) < 4.78 is 0. The predicted octanol–water partition coefficient (Wildman–Crippen LogP) is 9.27. The van der Waals surface area contributed by atoms with Gasteiger partial charge in [-0.3, -0.25) is 0 Å². The van der Waals surface area contributed by atoms with E-state index >= 15 is 0 Å². The Morgan fingerprint density at radius 3 is 1.18 bits per heavy atom. The molecule has 5 aromatic rings. The van der Waals surface area contributed by atoms with Gasteiger partial charge in [-0.2, -0.15) is 0 Å². The smallest absolute Gasteiger partial charge is 0.0775 e. The molecule has 34 heavy (non-hydrogen) atoms. The molecule has 0 amide bonds. The first-order valence-electron chi connectivity index (χ1n) is 11.4. The van der Waals surface area contributed by atoms with Gasteiger partial charge >= 0.3 is 0 Å². The molecule has 0 aromatic heterocycles. The number of hydrogen-bond acceptors (Lipinski definition) is 2. The quantitative estimate of drug-likeness (QED) is 0.250. The van der Waals surface area contributed by atoms with Crippen molar-refractivity contribution in [3.05, 3.63) is 152 Å². The van der Waals surface area contributed by atoms with Crippen molar-refractivity contribution in [3.8, 4) is 0 Å². The normalized spacial score (nSPS) is 10.5. The molecule has 0 atom stereocenters. The van der Waals surface area contributed by atoms with E-state index in [2.05, 4.69) is 132 Å². The van der Waals surface area contributed by atoms with Crippen LogP contribution in [0.3, 0.4) is 0 Å². The Labute approximate surface area is 201 Å². The summed E-state index contributed by atoms with van der Waals surface area (Å²) in [6, 6.07) is 48.4. The lowest BCUT2D eigenvalue weighted by atomic mass is 10.0. The van der Waals surface area contributed by atoms with Gasteiger partial charge in [-0.05, 0) is 54.6 Å². The fourth-order valence-electron chi connectivity index (χ4n) is 4.28. The first-order chi connectivity index (χ1) is 16.9. The number of benzene rings is 5. The summed E-state index contributed by atoms with van der Waals surface area (Å²) in [5, 5.41) is 0. The number of anilines is 6. The van der Waals surface area contributed by atoms with Gasteiger partial charge in [0.05, 0.1) is 11.4 Å². The molecule has 0 aliphatic heterocycles. The highest BCUT2D eigenvalue weighted by molar-refractivity contribution is 5.95. The second-order valence-electron chi connectivity index (χ2n) is 7.93. The molecule has 5 aromatic carbocycles. The first-order valence-corrected chi connectivity index (χ1v) is 11.4. The van der Waals surface area contributed by atoms with Crippen LogP contribution in [0.1, 0.15) is 5.56 Å².